The zero-order valence-electron chi connectivity index (χ0n) is 11.3. The Labute approximate surface area is 105 Å². The molecule has 3 N–H and O–H groups in total. The van der Waals surface area contributed by atoms with Crippen LogP contribution in [0.2, 0.25) is 0 Å². The van der Waals surface area contributed by atoms with E-state index in [-0.39, 0.29) is 0 Å². The van der Waals surface area contributed by atoms with E-state index in [2.05, 4.69) is 24.1 Å². The Bertz CT molecular complexity index is 336. The number of rotatable bonds is 7. The van der Waals surface area contributed by atoms with Gasteiger partial charge in [0.25, 0.3) is 0 Å². The summed E-state index contributed by atoms with van der Waals surface area (Å²) < 4.78 is 0. The van der Waals surface area contributed by atoms with Crippen LogP contribution in [-0.2, 0) is 0 Å². The quantitative estimate of drug-likeness (QED) is 0.708. The number of nitrogens with one attached hydrogen (secondary N) is 1. The van der Waals surface area contributed by atoms with Gasteiger partial charge in [-0.3, -0.25) is 0 Å². The smallest absolute Gasteiger partial charge is 0.149 e. The monoisotopic (exact) mass is 235 g/mol. The van der Waals surface area contributed by atoms with Crippen molar-refractivity contribution in [1.29, 1.82) is 0 Å². The highest BCUT2D eigenvalue weighted by Crippen LogP contribution is 2.18. The minimum atomic E-state index is 0.434. The largest absolute Gasteiger partial charge is 0.396 e. The maximum absolute atomic E-state index is 5.89. The zero-order chi connectivity index (χ0) is 12.7. The van der Waals surface area contributed by atoms with Gasteiger partial charge in [0, 0.05) is 11.7 Å². The molecule has 0 aliphatic heterocycles. The van der Waals surface area contributed by atoms with E-state index in [1.807, 2.05) is 19.1 Å². The summed E-state index contributed by atoms with van der Waals surface area (Å²) >= 11 is 0. The van der Waals surface area contributed by atoms with E-state index in [1.165, 1.54) is 32.1 Å². The number of unbranched alkanes of at least 4 members (excludes halogenated alkanes) is 3. The molecule has 0 saturated carbocycles. The first-order chi connectivity index (χ1) is 8.13. The van der Waals surface area contributed by atoms with Gasteiger partial charge >= 0.3 is 0 Å². The molecule has 0 radical (unpaired) electrons. The second-order valence-electron chi connectivity index (χ2n) is 4.79. The third-order valence-corrected chi connectivity index (χ3v) is 2.94. The van der Waals surface area contributed by atoms with Crippen molar-refractivity contribution in [2.75, 3.05) is 11.1 Å². The summed E-state index contributed by atoms with van der Waals surface area (Å²) in [6.07, 6.45) is 6.38. The number of nitrogens with zero attached hydrogens (tertiary/aromatic N) is 1. The maximum atomic E-state index is 5.89. The molecular weight excluding hydrogens is 210 g/mol. The predicted molar refractivity (Wildman–Crippen MR) is 75.2 cm³/mol. The van der Waals surface area contributed by atoms with Crippen molar-refractivity contribution in [1.82, 2.24) is 4.98 Å². The summed E-state index contributed by atoms with van der Waals surface area (Å²) in [7, 11) is 0. The Morgan fingerprint density at radius 1 is 1.29 bits per heavy atom. The molecule has 0 amide bonds. The van der Waals surface area contributed by atoms with E-state index in [4.69, 9.17) is 5.73 Å². The van der Waals surface area contributed by atoms with Crippen molar-refractivity contribution in [3.05, 3.63) is 17.8 Å². The topological polar surface area (TPSA) is 50.9 Å². The van der Waals surface area contributed by atoms with Crippen molar-refractivity contribution >= 4 is 11.5 Å². The molecule has 1 unspecified atom stereocenters. The van der Waals surface area contributed by atoms with Crippen LogP contribution in [0.15, 0.2) is 12.1 Å². The number of hydrogen-bond donors (Lipinski definition) is 2. The number of nitrogen functional groups attached to an aromatic ring is 1. The van der Waals surface area contributed by atoms with E-state index < -0.39 is 0 Å². The molecule has 3 heteroatoms. The Morgan fingerprint density at radius 2 is 2.06 bits per heavy atom. The van der Waals surface area contributed by atoms with Gasteiger partial charge in [0.15, 0.2) is 0 Å². The SMILES string of the molecule is CCCCCCC(C)Nc1nc(C)ccc1N. The van der Waals surface area contributed by atoms with E-state index in [1.54, 1.807) is 0 Å². The van der Waals surface area contributed by atoms with E-state index in [0.717, 1.165) is 17.2 Å². The molecule has 0 aromatic carbocycles. The predicted octanol–water partition coefficient (Wildman–Crippen LogP) is 3.74. The molecule has 1 aromatic rings. The minimum absolute atomic E-state index is 0.434. The fourth-order valence-corrected chi connectivity index (χ4v) is 1.87. The molecular formula is C14H25N3. The number of anilines is 2. The molecule has 0 spiro atoms. The van der Waals surface area contributed by atoms with Gasteiger partial charge in [0.05, 0.1) is 5.69 Å². The van der Waals surface area contributed by atoms with E-state index >= 15 is 0 Å². The normalized spacial score (nSPS) is 12.4. The van der Waals surface area contributed by atoms with Gasteiger partial charge in [0.2, 0.25) is 0 Å². The van der Waals surface area contributed by atoms with Gasteiger partial charge in [-0.1, -0.05) is 32.6 Å². The number of hydrogen-bond acceptors (Lipinski definition) is 3. The second-order valence-corrected chi connectivity index (χ2v) is 4.79. The van der Waals surface area contributed by atoms with Gasteiger partial charge in [-0.25, -0.2) is 4.98 Å². The summed E-state index contributed by atoms with van der Waals surface area (Å²) in [6, 6.07) is 4.28. The third kappa shape index (κ3) is 5.07. The average molecular weight is 235 g/mol. The van der Waals surface area contributed by atoms with Crippen LogP contribution in [0.1, 0.15) is 51.6 Å². The Balaban J connectivity index is 2.39. The van der Waals surface area contributed by atoms with Crippen LogP contribution >= 0.6 is 0 Å². The summed E-state index contributed by atoms with van der Waals surface area (Å²) in [5, 5.41) is 3.39. The standard InChI is InChI=1S/C14H25N3/c1-4-5-6-7-8-11(2)16-14-13(15)10-9-12(3)17-14/h9-11H,4-8,15H2,1-3H3,(H,16,17). The minimum Gasteiger partial charge on any atom is -0.396 e. The van der Waals surface area contributed by atoms with Crippen molar-refractivity contribution in [2.24, 2.45) is 0 Å². The summed E-state index contributed by atoms with van der Waals surface area (Å²) in [6.45, 7) is 6.41. The molecule has 3 nitrogen and oxygen atoms in total. The average Bonchev–Trinajstić information content (AvgIpc) is 2.29. The molecule has 0 bridgehead atoms. The van der Waals surface area contributed by atoms with Crippen LogP contribution in [-0.4, -0.2) is 11.0 Å². The zero-order valence-corrected chi connectivity index (χ0v) is 11.3. The number of nitrogens with two attached hydrogens (primary N) is 1. The van der Waals surface area contributed by atoms with Crippen molar-refractivity contribution in [3.63, 3.8) is 0 Å². The maximum Gasteiger partial charge on any atom is 0.149 e. The van der Waals surface area contributed by atoms with Crippen LogP contribution < -0.4 is 11.1 Å². The molecule has 0 aliphatic rings. The number of aryl methyl sites for hydroxylation is 1. The summed E-state index contributed by atoms with van der Waals surface area (Å²) in [5.74, 6) is 0.827. The molecule has 1 atom stereocenters. The number of aromatic nitrogens is 1. The Morgan fingerprint density at radius 3 is 2.76 bits per heavy atom. The Kier molecular flexibility index (Phi) is 5.81. The van der Waals surface area contributed by atoms with Crippen LogP contribution in [0.3, 0.4) is 0 Å². The van der Waals surface area contributed by atoms with Crippen LogP contribution in [0.4, 0.5) is 11.5 Å². The first kappa shape index (κ1) is 13.8. The summed E-state index contributed by atoms with van der Waals surface area (Å²) in [4.78, 5) is 4.42. The molecule has 0 fully saturated rings. The molecule has 96 valence electrons. The van der Waals surface area contributed by atoms with Gasteiger partial charge in [-0.05, 0) is 32.4 Å². The van der Waals surface area contributed by atoms with Crippen molar-refractivity contribution < 1.29 is 0 Å². The number of pyridine rings is 1. The van der Waals surface area contributed by atoms with Gasteiger partial charge in [-0.15, -0.1) is 0 Å². The highest BCUT2D eigenvalue weighted by molar-refractivity contribution is 5.61. The second kappa shape index (κ2) is 7.15. The fraction of sp³-hybridized carbons (Fsp3) is 0.643. The van der Waals surface area contributed by atoms with Gasteiger partial charge in [-0.2, -0.15) is 0 Å². The highest BCUT2D eigenvalue weighted by atomic mass is 15.0. The van der Waals surface area contributed by atoms with Crippen LogP contribution in [0.5, 0.6) is 0 Å². The van der Waals surface area contributed by atoms with E-state index in [9.17, 15) is 0 Å². The molecule has 0 aliphatic carbocycles. The van der Waals surface area contributed by atoms with Crippen molar-refractivity contribution in [2.45, 2.75) is 58.9 Å². The van der Waals surface area contributed by atoms with E-state index in [0.29, 0.717) is 6.04 Å². The lowest BCUT2D eigenvalue weighted by atomic mass is 10.1. The van der Waals surface area contributed by atoms with Gasteiger partial charge < -0.3 is 11.1 Å². The molecule has 1 rings (SSSR count). The van der Waals surface area contributed by atoms with Gasteiger partial charge in [0.1, 0.15) is 5.82 Å². The fourth-order valence-electron chi connectivity index (χ4n) is 1.87. The Hall–Kier alpha value is -1.25. The van der Waals surface area contributed by atoms with Crippen LogP contribution in [0.25, 0.3) is 0 Å². The molecule has 17 heavy (non-hydrogen) atoms. The lowest BCUT2D eigenvalue weighted by Gasteiger charge is -2.16. The van der Waals surface area contributed by atoms with Crippen LogP contribution in [0, 0.1) is 6.92 Å². The molecule has 0 saturated heterocycles. The molecule has 1 heterocycles. The first-order valence-corrected chi connectivity index (χ1v) is 6.63. The first-order valence-electron chi connectivity index (χ1n) is 6.63. The highest BCUT2D eigenvalue weighted by Gasteiger charge is 2.06. The third-order valence-electron chi connectivity index (χ3n) is 2.94. The van der Waals surface area contributed by atoms with Crippen molar-refractivity contribution in [3.8, 4) is 0 Å². The lowest BCUT2D eigenvalue weighted by molar-refractivity contribution is 0.593. The lowest BCUT2D eigenvalue weighted by Crippen LogP contribution is -2.17. The summed E-state index contributed by atoms with van der Waals surface area (Å²) in [5.41, 5.74) is 7.62. The molecule has 1 aromatic heterocycles.